The molecule has 0 saturated carbocycles. The molecule has 0 spiro atoms. The molecule has 0 aliphatic carbocycles. The minimum atomic E-state index is -0.220. The van der Waals surface area contributed by atoms with Gasteiger partial charge in [-0.25, -0.2) is 9.78 Å². The fourth-order valence-corrected chi connectivity index (χ4v) is 2.79. The lowest BCUT2D eigenvalue weighted by molar-refractivity contribution is 0.188. The molecule has 0 bridgehead atoms. The Labute approximate surface area is 149 Å². The first-order chi connectivity index (χ1) is 12.0. The molecule has 7 nitrogen and oxygen atoms in total. The van der Waals surface area contributed by atoms with E-state index in [1.165, 1.54) is 0 Å². The Kier molecular flexibility index (Phi) is 6.52. The number of urea groups is 1. The van der Waals surface area contributed by atoms with Crippen molar-refractivity contribution in [2.75, 3.05) is 32.6 Å². The molecule has 1 saturated heterocycles. The van der Waals surface area contributed by atoms with E-state index in [0.29, 0.717) is 13.2 Å². The number of amides is 2. The number of hydrogen-bond donors (Lipinski definition) is 3. The van der Waals surface area contributed by atoms with Crippen molar-refractivity contribution in [1.29, 1.82) is 0 Å². The highest BCUT2D eigenvalue weighted by atomic mass is 16.5. The van der Waals surface area contributed by atoms with Gasteiger partial charge in [0.2, 0.25) is 0 Å². The van der Waals surface area contributed by atoms with E-state index < -0.39 is 0 Å². The van der Waals surface area contributed by atoms with Crippen molar-refractivity contribution in [1.82, 2.24) is 15.6 Å². The van der Waals surface area contributed by atoms with Crippen LogP contribution in [0.1, 0.15) is 31.4 Å². The van der Waals surface area contributed by atoms with Crippen LogP contribution in [0.15, 0.2) is 28.5 Å². The number of nitrogens with one attached hydrogen (secondary N) is 3. The molecule has 0 aromatic carbocycles. The Morgan fingerprint density at radius 2 is 2.16 bits per heavy atom. The topological polar surface area (TPSA) is 87.6 Å². The van der Waals surface area contributed by atoms with Crippen LogP contribution in [0.3, 0.4) is 0 Å². The van der Waals surface area contributed by atoms with Gasteiger partial charge < -0.3 is 20.7 Å². The molecule has 0 radical (unpaired) electrons. The normalized spacial score (nSPS) is 18.6. The molecule has 2 amide bonds. The van der Waals surface area contributed by atoms with Crippen LogP contribution in [0.5, 0.6) is 0 Å². The quantitative estimate of drug-likeness (QED) is 0.714. The third-order valence-electron chi connectivity index (χ3n) is 4.30. The second-order valence-corrected chi connectivity index (χ2v) is 6.12. The number of aromatic nitrogens is 1. The average Bonchev–Trinajstić information content (AvgIpc) is 3.08. The summed E-state index contributed by atoms with van der Waals surface area (Å²) >= 11 is 0. The number of aryl methyl sites for hydroxylation is 1. The molecule has 3 N–H and O–H groups in total. The highest BCUT2D eigenvalue weighted by molar-refractivity contribution is 6.12. The van der Waals surface area contributed by atoms with Gasteiger partial charge in [-0.2, -0.15) is 0 Å². The van der Waals surface area contributed by atoms with Crippen LogP contribution in [0.2, 0.25) is 0 Å². The first kappa shape index (κ1) is 18.9. The van der Waals surface area contributed by atoms with E-state index in [1.807, 2.05) is 33.9 Å². The van der Waals surface area contributed by atoms with Crippen LogP contribution in [0.4, 0.5) is 10.6 Å². The maximum absolute atomic E-state index is 12.1. The Morgan fingerprint density at radius 3 is 2.72 bits per heavy atom. The lowest BCUT2D eigenvalue weighted by atomic mass is 10.0. The summed E-state index contributed by atoms with van der Waals surface area (Å²) < 4.78 is 5.27. The van der Waals surface area contributed by atoms with Crippen molar-refractivity contribution in [2.24, 2.45) is 4.99 Å². The lowest BCUT2D eigenvalue weighted by Crippen LogP contribution is -2.42. The average molecular weight is 345 g/mol. The molecule has 1 atom stereocenters. The maximum atomic E-state index is 12.1. The molecule has 1 aliphatic rings. The number of nitrogens with zero attached hydrogens (tertiary/aromatic N) is 2. The molecule has 2 heterocycles. The third kappa shape index (κ3) is 4.79. The maximum Gasteiger partial charge on any atom is 0.319 e. The molecule has 7 heteroatoms. The lowest BCUT2D eigenvalue weighted by Gasteiger charge is -2.15. The Morgan fingerprint density at radius 1 is 1.40 bits per heavy atom. The van der Waals surface area contributed by atoms with Gasteiger partial charge in [-0.3, -0.25) is 4.99 Å². The number of anilines is 1. The summed E-state index contributed by atoms with van der Waals surface area (Å²) in [5.41, 5.74) is 4.42. The van der Waals surface area contributed by atoms with Gasteiger partial charge in [0.05, 0.1) is 18.4 Å². The number of pyridine rings is 1. The van der Waals surface area contributed by atoms with E-state index in [0.717, 1.165) is 40.3 Å². The summed E-state index contributed by atoms with van der Waals surface area (Å²) in [6.07, 6.45) is 2.63. The van der Waals surface area contributed by atoms with Crippen LogP contribution in [0, 0.1) is 6.92 Å². The zero-order valence-corrected chi connectivity index (χ0v) is 15.6. The molecule has 1 aromatic heterocycles. The van der Waals surface area contributed by atoms with Gasteiger partial charge in [-0.05, 0) is 44.4 Å². The smallest absolute Gasteiger partial charge is 0.319 e. The molecular weight excluding hydrogens is 318 g/mol. The minimum Gasteiger partial charge on any atom is -0.379 e. The molecule has 136 valence electrons. The number of rotatable bonds is 5. The van der Waals surface area contributed by atoms with Crippen LogP contribution < -0.4 is 16.0 Å². The number of ether oxygens (including phenoxy) is 1. The van der Waals surface area contributed by atoms with E-state index in [9.17, 15) is 4.79 Å². The molecule has 1 aliphatic heterocycles. The molecule has 0 unspecified atom stereocenters. The number of allylic oxidation sites excluding steroid dienone is 2. The van der Waals surface area contributed by atoms with Crippen molar-refractivity contribution < 1.29 is 9.53 Å². The van der Waals surface area contributed by atoms with Crippen molar-refractivity contribution in [3.63, 3.8) is 0 Å². The zero-order valence-electron chi connectivity index (χ0n) is 15.6. The summed E-state index contributed by atoms with van der Waals surface area (Å²) in [7, 11) is 3.58. The predicted molar refractivity (Wildman–Crippen MR) is 100 cm³/mol. The van der Waals surface area contributed by atoms with Gasteiger partial charge in [-0.15, -0.1) is 0 Å². The second kappa shape index (κ2) is 8.62. The third-order valence-corrected chi connectivity index (χ3v) is 4.30. The van der Waals surface area contributed by atoms with Crippen molar-refractivity contribution >= 4 is 17.6 Å². The summed E-state index contributed by atoms with van der Waals surface area (Å²) in [6.45, 7) is 7.07. The second-order valence-electron chi connectivity index (χ2n) is 6.12. The van der Waals surface area contributed by atoms with Gasteiger partial charge in [0.15, 0.2) is 0 Å². The fourth-order valence-electron chi connectivity index (χ4n) is 2.79. The first-order valence-electron chi connectivity index (χ1n) is 8.41. The molecule has 2 rings (SSSR count). The van der Waals surface area contributed by atoms with Gasteiger partial charge in [0.25, 0.3) is 0 Å². The first-order valence-corrected chi connectivity index (χ1v) is 8.41. The Balaban J connectivity index is 2.13. The van der Waals surface area contributed by atoms with Crippen molar-refractivity contribution in [3.8, 4) is 0 Å². The highest BCUT2D eigenvalue weighted by Gasteiger charge is 2.18. The van der Waals surface area contributed by atoms with Crippen LogP contribution >= 0.6 is 0 Å². The summed E-state index contributed by atoms with van der Waals surface area (Å²) in [4.78, 5) is 20.9. The van der Waals surface area contributed by atoms with Gasteiger partial charge in [0, 0.05) is 38.2 Å². The van der Waals surface area contributed by atoms with Gasteiger partial charge in [0.1, 0.15) is 5.82 Å². The molecule has 1 aromatic rings. The molecular formula is C18H27N5O2. The van der Waals surface area contributed by atoms with Gasteiger partial charge in [-0.1, -0.05) is 0 Å². The van der Waals surface area contributed by atoms with E-state index in [2.05, 4.69) is 25.9 Å². The monoisotopic (exact) mass is 345 g/mol. The largest absolute Gasteiger partial charge is 0.379 e. The summed E-state index contributed by atoms with van der Waals surface area (Å²) in [5.74, 6) is 0.842. The van der Waals surface area contributed by atoms with Crippen molar-refractivity contribution in [2.45, 2.75) is 33.2 Å². The number of carbonyl (C=O) groups is 1. The summed E-state index contributed by atoms with van der Waals surface area (Å²) in [6, 6.07) is 1.89. The van der Waals surface area contributed by atoms with Gasteiger partial charge >= 0.3 is 6.03 Å². The molecule has 1 fully saturated rings. The SMILES string of the molecule is CN=C(/C(C)=C(\C)NC(=O)N[C@@H]1CCOC1)c1cnc(NC)c(C)c1. The van der Waals surface area contributed by atoms with E-state index in [-0.39, 0.29) is 12.1 Å². The van der Waals surface area contributed by atoms with Crippen LogP contribution in [-0.4, -0.2) is 50.1 Å². The van der Waals surface area contributed by atoms with E-state index in [4.69, 9.17) is 4.74 Å². The molecule has 25 heavy (non-hydrogen) atoms. The van der Waals surface area contributed by atoms with Crippen LogP contribution in [0.25, 0.3) is 0 Å². The van der Waals surface area contributed by atoms with E-state index in [1.54, 1.807) is 13.2 Å². The predicted octanol–water partition coefficient (Wildman–Crippen LogP) is 2.23. The number of carbonyl (C=O) groups excluding carboxylic acids is 1. The van der Waals surface area contributed by atoms with E-state index >= 15 is 0 Å². The number of hydrogen-bond acceptors (Lipinski definition) is 5. The minimum absolute atomic E-state index is 0.0772. The zero-order chi connectivity index (χ0) is 18.4. The standard InChI is InChI=1S/C18H27N5O2/c1-11-8-14(9-21-17(11)20-5)16(19-4)12(2)13(3)22-18(24)23-15-6-7-25-10-15/h8-9,15H,6-7,10H2,1-5H3,(H,20,21)(H2,22,23,24)/b13-12+,19-16?/t15-/m1/s1. The summed E-state index contributed by atoms with van der Waals surface area (Å²) in [5, 5.41) is 8.86. The van der Waals surface area contributed by atoms with Crippen LogP contribution in [-0.2, 0) is 4.74 Å². The van der Waals surface area contributed by atoms with Crippen molar-refractivity contribution in [3.05, 3.63) is 34.7 Å². The Hall–Kier alpha value is -2.41. The highest BCUT2D eigenvalue weighted by Crippen LogP contribution is 2.17. The Bertz CT molecular complexity index is 691. The number of aliphatic imine (C=N–C) groups is 1. The fraction of sp³-hybridized carbons (Fsp3) is 0.500.